The zero-order valence-corrected chi connectivity index (χ0v) is 18.2. The minimum absolute atomic E-state index is 0.0000193. The standard InChI is InChI=1S/C27H30N2O3/c30-20-10-19-28-27(32)26(24-15-8-3-9-16-24)29(21-23-13-6-2-7-14-23)25(31)18-17-22-11-4-1-5-12-22/h1-9,11-16,26,30H,10,17-21H2,(H,28,32). The van der Waals surface area contributed by atoms with Crippen molar-refractivity contribution in [2.45, 2.75) is 31.8 Å². The molecule has 0 aliphatic carbocycles. The van der Waals surface area contributed by atoms with E-state index in [-0.39, 0.29) is 18.4 Å². The summed E-state index contributed by atoms with van der Waals surface area (Å²) in [5.74, 6) is -0.322. The van der Waals surface area contributed by atoms with E-state index in [1.54, 1.807) is 4.90 Å². The van der Waals surface area contributed by atoms with E-state index in [1.165, 1.54) is 0 Å². The fourth-order valence-corrected chi connectivity index (χ4v) is 3.64. The third-order valence-corrected chi connectivity index (χ3v) is 5.30. The molecule has 1 unspecified atom stereocenters. The van der Waals surface area contributed by atoms with E-state index in [1.807, 2.05) is 91.0 Å². The Hall–Kier alpha value is -3.44. The molecule has 2 amide bonds. The van der Waals surface area contributed by atoms with Gasteiger partial charge in [0, 0.05) is 26.1 Å². The van der Waals surface area contributed by atoms with Crippen molar-refractivity contribution < 1.29 is 14.7 Å². The highest BCUT2D eigenvalue weighted by Gasteiger charge is 2.31. The largest absolute Gasteiger partial charge is 0.396 e. The zero-order valence-electron chi connectivity index (χ0n) is 18.2. The van der Waals surface area contributed by atoms with Gasteiger partial charge in [-0.15, -0.1) is 0 Å². The maximum Gasteiger partial charge on any atom is 0.247 e. The Morgan fingerprint density at radius 1 is 0.812 bits per heavy atom. The Kier molecular flexibility index (Phi) is 9.02. The van der Waals surface area contributed by atoms with E-state index in [9.17, 15) is 9.59 Å². The predicted molar refractivity (Wildman–Crippen MR) is 126 cm³/mol. The van der Waals surface area contributed by atoms with E-state index in [2.05, 4.69) is 5.32 Å². The molecular formula is C27H30N2O3. The molecule has 5 nitrogen and oxygen atoms in total. The highest BCUT2D eigenvalue weighted by atomic mass is 16.3. The van der Waals surface area contributed by atoms with Gasteiger partial charge in [-0.1, -0.05) is 91.0 Å². The van der Waals surface area contributed by atoms with Crippen LogP contribution in [0.3, 0.4) is 0 Å². The summed E-state index contributed by atoms with van der Waals surface area (Å²) in [5.41, 5.74) is 2.81. The molecule has 0 saturated heterocycles. The summed E-state index contributed by atoms with van der Waals surface area (Å²) in [6.07, 6.45) is 1.39. The second-order valence-corrected chi connectivity index (χ2v) is 7.67. The van der Waals surface area contributed by atoms with Crippen LogP contribution >= 0.6 is 0 Å². The number of aliphatic hydroxyl groups excluding tert-OH is 1. The quantitative estimate of drug-likeness (QED) is 0.454. The van der Waals surface area contributed by atoms with Crippen molar-refractivity contribution >= 4 is 11.8 Å². The van der Waals surface area contributed by atoms with Gasteiger partial charge in [0.15, 0.2) is 0 Å². The summed E-state index contributed by atoms with van der Waals surface area (Å²) in [5, 5.41) is 12.0. The Labute approximate surface area is 189 Å². The molecule has 0 aromatic heterocycles. The summed E-state index contributed by atoms with van der Waals surface area (Å²) < 4.78 is 0. The first-order valence-electron chi connectivity index (χ1n) is 11.0. The maximum atomic E-state index is 13.5. The van der Waals surface area contributed by atoms with Crippen LogP contribution in [0.1, 0.15) is 35.6 Å². The number of nitrogens with one attached hydrogen (secondary N) is 1. The minimum atomic E-state index is -0.752. The van der Waals surface area contributed by atoms with Crippen molar-refractivity contribution in [1.82, 2.24) is 10.2 Å². The maximum absolute atomic E-state index is 13.5. The Balaban J connectivity index is 1.88. The van der Waals surface area contributed by atoms with Crippen molar-refractivity contribution in [1.29, 1.82) is 0 Å². The molecule has 1 atom stereocenters. The molecule has 0 radical (unpaired) electrons. The minimum Gasteiger partial charge on any atom is -0.396 e. The molecule has 166 valence electrons. The molecule has 3 aromatic carbocycles. The molecule has 3 aromatic rings. The summed E-state index contributed by atoms with van der Waals surface area (Å²) in [7, 11) is 0. The smallest absolute Gasteiger partial charge is 0.247 e. The van der Waals surface area contributed by atoms with Crippen LogP contribution in [-0.2, 0) is 22.6 Å². The van der Waals surface area contributed by atoms with Gasteiger partial charge in [0.05, 0.1) is 0 Å². The van der Waals surface area contributed by atoms with Gasteiger partial charge in [-0.25, -0.2) is 0 Å². The monoisotopic (exact) mass is 430 g/mol. The molecule has 5 heteroatoms. The van der Waals surface area contributed by atoms with Gasteiger partial charge in [-0.2, -0.15) is 0 Å². The molecule has 0 spiro atoms. The molecule has 0 aliphatic rings. The Morgan fingerprint density at radius 2 is 1.38 bits per heavy atom. The molecule has 3 rings (SSSR count). The van der Waals surface area contributed by atoms with E-state index in [0.717, 1.165) is 16.7 Å². The fraction of sp³-hybridized carbons (Fsp3) is 0.259. The fourth-order valence-electron chi connectivity index (χ4n) is 3.64. The number of carbonyl (C=O) groups is 2. The predicted octanol–water partition coefficient (Wildman–Crippen LogP) is 3.89. The van der Waals surface area contributed by atoms with Crippen LogP contribution in [0.2, 0.25) is 0 Å². The van der Waals surface area contributed by atoms with Crippen LogP contribution in [0.15, 0.2) is 91.0 Å². The lowest BCUT2D eigenvalue weighted by molar-refractivity contribution is -0.141. The number of benzene rings is 3. The van der Waals surface area contributed by atoms with Crippen molar-refractivity contribution in [3.63, 3.8) is 0 Å². The van der Waals surface area contributed by atoms with Crippen LogP contribution in [0, 0.1) is 0 Å². The first kappa shape index (κ1) is 23.2. The summed E-state index contributed by atoms with van der Waals surface area (Å²) >= 11 is 0. The van der Waals surface area contributed by atoms with E-state index < -0.39 is 6.04 Å². The first-order chi connectivity index (χ1) is 15.7. The lowest BCUT2D eigenvalue weighted by atomic mass is 10.0. The van der Waals surface area contributed by atoms with Gasteiger partial charge in [-0.3, -0.25) is 9.59 Å². The average Bonchev–Trinajstić information content (AvgIpc) is 2.84. The molecule has 0 saturated carbocycles. The van der Waals surface area contributed by atoms with Gasteiger partial charge in [0.2, 0.25) is 11.8 Å². The molecule has 32 heavy (non-hydrogen) atoms. The molecule has 0 aliphatic heterocycles. The number of rotatable bonds is 11. The third-order valence-electron chi connectivity index (χ3n) is 5.30. The van der Waals surface area contributed by atoms with Crippen molar-refractivity contribution in [2.24, 2.45) is 0 Å². The number of amides is 2. The third kappa shape index (κ3) is 6.79. The highest BCUT2D eigenvalue weighted by Crippen LogP contribution is 2.25. The number of carbonyl (C=O) groups excluding carboxylic acids is 2. The number of hydrogen-bond acceptors (Lipinski definition) is 3. The van der Waals surface area contributed by atoms with Crippen LogP contribution in [0.25, 0.3) is 0 Å². The van der Waals surface area contributed by atoms with Gasteiger partial charge in [0.1, 0.15) is 6.04 Å². The van der Waals surface area contributed by atoms with Gasteiger partial charge in [0.25, 0.3) is 0 Å². The van der Waals surface area contributed by atoms with Gasteiger partial charge in [-0.05, 0) is 29.5 Å². The SMILES string of the molecule is O=C(NCCCO)C(c1ccccc1)N(Cc1ccccc1)C(=O)CCc1ccccc1. The van der Waals surface area contributed by atoms with Crippen molar-refractivity contribution in [3.05, 3.63) is 108 Å². The van der Waals surface area contributed by atoms with Crippen LogP contribution in [0.5, 0.6) is 0 Å². The van der Waals surface area contributed by atoms with Crippen molar-refractivity contribution in [2.75, 3.05) is 13.2 Å². The van der Waals surface area contributed by atoms with Crippen LogP contribution in [-0.4, -0.2) is 35.0 Å². The first-order valence-corrected chi connectivity index (χ1v) is 11.0. The highest BCUT2D eigenvalue weighted by molar-refractivity contribution is 5.88. The number of aryl methyl sites for hydroxylation is 1. The molecular weight excluding hydrogens is 400 g/mol. The number of hydrogen-bond donors (Lipinski definition) is 2. The number of nitrogens with zero attached hydrogens (tertiary/aromatic N) is 1. The molecule has 0 heterocycles. The Bertz CT molecular complexity index is 962. The summed E-state index contributed by atoms with van der Waals surface area (Å²) in [6, 6.07) is 28.2. The summed E-state index contributed by atoms with van der Waals surface area (Å²) in [4.78, 5) is 28.4. The molecule has 2 N–H and O–H groups in total. The second-order valence-electron chi connectivity index (χ2n) is 7.67. The molecule has 0 fully saturated rings. The topological polar surface area (TPSA) is 69.6 Å². The lowest BCUT2D eigenvalue weighted by Crippen LogP contribution is -2.43. The van der Waals surface area contributed by atoms with Gasteiger partial charge >= 0.3 is 0 Å². The molecule has 0 bridgehead atoms. The second kappa shape index (κ2) is 12.4. The zero-order chi connectivity index (χ0) is 22.6. The normalized spacial score (nSPS) is 11.5. The summed E-state index contributed by atoms with van der Waals surface area (Å²) in [6.45, 7) is 0.692. The van der Waals surface area contributed by atoms with E-state index in [0.29, 0.717) is 32.4 Å². The van der Waals surface area contributed by atoms with Gasteiger partial charge < -0.3 is 15.3 Å². The van der Waals surface area contributed by atoms with E-state index >= 15 is 0 Å². The van der Waals surface area contributed by atoms with Crippen LogP contribution in [0.4, 0.5) is 0 Å². The van der Waals surface area contributed by atoms with Crippen LogP contribution < -0.4 is 5.32 Å². The van der Waals surface area contributed by atoms with E-state index in [4.69, 9.17) is 5.11 Å². The Morgan fingerprint density at radius 3 is 1.97 bits per heavy atom. The lowest BCUT2D eigenvalue weighted by Gasteiger charge is -2.32. The average molecular weight is 431 g/mol. The van der Waals surface area contributed by atoms with Crippen molar-refractivity contribution in [3.8, 4) is 0 Å². The number of aliphatic hydroxyl groups is 1.